The predicted octanol–water partition coefficient (Wildman–Crippen LogP) is 5.66. The molecule has 0 aliphatic carbocycles. The first-order chi connectivity index (χ1) is 9.63. The first-order valence-corrected chi connectivity index (χ1v) is 7.26. The van der Waals surface area contributed by atoms with Crippen molar-refractivity contribution in [2.45, 2.75) is 11.8 Å². The van der Waals surface area contributed by atoms with Gasteiger partial charge in [0.25, 0.3) is 0 Å². The monoisotopic (exact) mass is 325 g/mol. The molecule has 0 amide bonds. The number of fused-ring (bicyclic) bond motifs is 1. The molecule has 0 fully saturated rings. The maximum absolute atomic E-state index is 6.40. The first-order valence-electron chi connectivity index (χ1n) is 6.07. The number of aromatic nitrogens is 1. The lowest BCUT2D eigenvalue weighted by molar-refractivity contribution is 0.525. The van der Waals surface area contributed by atoms with Crippen LogP contribution in [0.4, 0.5) is 0 Å². The lowest BCUT2D eigenvalue weighted by Crippen LogP contribution is -1.97. The Balaban J connectivity index is 1.88. The van der Waals surface area contributed by atoms with Crippen LogP contribution in [0.25, 0.3) is 11.1 Å². The van der Waals surface area contributed by atoms with Crippen LogP contribution >= 0.6 is 34.8 Å². The Morgan fingerprint density at radius 3 is 2.70 bits per heavy atom. The zero-order chi connectivity index (χ0) is 14.1. The molecule has 0 radical (unpaired) electrons. The van der Waals surface area contributed by atoms with Crippen LogP contribution in [0.5, 0.6) is 0 Å². The molecular weight excluding hydrogens is 317 g/mol. The lowest BCUT2D eigenvalue weighted by atomic mass is 10.1. The fourth-order valence-electron chi connectivity index (χ4n) is 2.03. The van der Waals surface area contributed by atoms with Crippen molar-refractivity contribution in [3.8, 4) is 0 Å². The van der Waals surface area contributed by atoms with Gasteiger partial charge in [0.1, 0.15) is 5.52 Å². The van der Waals surface area contributed by atoms with Crippen LogP contribution in [0.1, 0.15) is 16.8 Å². The average Bonchev–Trinajstić information content (AvgIpc) is 2.83. The second-order valence-electron chi connectivity index (χ2n) is 4.41. The number of rotatable bonds is 3. The fourth-order valence-corrected chi connectivity index (χ4v) is 2.82. The first kappa shape index (κ1) is 13.7. The van der Waals surface area contributed by atoms with Crippen molar-refractivity contribution in [1.29, 1.82) is 0 Å². The number of nitrogens with zero attached hydrogens (tertiary/aromatic N) is 1. The Kier molecular flexibility index (Phi) is 3.88. The Morgan fingerprint density at radius 2 is 1.90 bits per heavy atom. The second kappa shape index (κ2) is 5.65. The summed E-state index contributed by atoms with van der Waals surface area (Å²) in [5.74, 6) is 0.585. The summed E-state index contributed by atoms with van der Waals surface area (Å²) in [5.41, 5.74) is 2.36. The van der Waals surface area contributed by atoms with Gasteiger partial charge in [0.15, 0.2) is 11.5 Å². The Morgan fingerprint density at radius 1 is 1.10 bits per heavy atom. The molecule has 2 aromatic carbocycles. The molecule has 0 saturated carbocycles. The van der Waals surface area contributed by atoms with Gasteiger partial charge in [-0.3, -0.25) is 0 Å². The highest BCUT2D eigenvalue weighted by molar-refractivity contribution is 6.34. The minimum absolute atomic E-state index is 0.339. The van der Waals surface area contributed by atoms with E-state index in [0.29, 0.717) is 22.4 Å². The Labute approximate surface area is 131 Å². The lowest BCUT2D eigenvalue weighted by Gasteiger charge is -2.10. The molecule has 0 N–H and O–H groups in total. The molecule has 1 atom stereocenters. The van der Waals surface area contributed by atoms with Crippen molar-refractivity contribution in [3.05, 3.63) is 64.0 Å². The van der Waals surface area contributed by atoms with E-state index in [0.717, 1.165) is 16.7 Å². The van der Waals surface area contributed by atoms with Crippen molar-refractivity contribution in [2.75, 3.05) is 0 Å². The maximum Gasteiger partial charge on any atom is 0.197 e. The van der Waals surface area contributed by atoms with Gasteiger partial charge in [0, 0.05) is 16.5 Å². The third kappa shape index (κ3) is 2.78. The van der Waals surface area contributed by atoms with E-state index in [1.165, 1.54) is 0 Å². The van der Waals surface area contributed by atoms with Crippen LogP contribution in [0.15, 0.2) is 46.9 Å². The summed E-state index contributed by atoms with van der Waals surface area (Å²) >= 11 is 18.5. The standard InChI is InChI=1S/C15H10Cl3NO/c16-9-5-6-11(17)10(7-9)12(18)8-15-19-13-3-1-2-4-14(13)20-15/h1-7,12H,8H2. The number of oxazole rings is 1. The quantitative estimate of drug-likeness (QED) is 0.581. The summed E-state index contributed by atoms with van der Waals surface area (Å²) in [6.45, 7) is 0. The molecule has 3 rings (SSSR count). The van der Waals surface area contributed by atoms with E-state index < -0.39 is 0 Å². The van der Waals surface area contributed by atoms with Crippen molar-refractivity contribution in [2.24, 2.45) is 0 Å². The minimum Gasteiger partial charge on any atom is -0.441 e. The molecule has 0 saturated heterocycles. The normalized spacial score (nSPS) is 12.8. The summed E-state index contributed by atoms with van der Waals surface area (Å²) in [7, 11) is 0. The molecular formula is C15H10Cl3NO. The van der Waals surface area contributed by atoms with Crippen LogP contribution in [-0.2, 0) is 6.42 Å². The molecule has 0 bridgehead atoms. The van der Waals surface area contributed by atoms with Crippen molar-refractivity contribution >= 4 is 45.9 Å². The highest BCUT2D eigenvalue weighted by Gasteiger charge is 2.16. The number of para-hydroxylation sites is 2. The molecule has 102 valence electrons. The van der Waals surface area contributed by atoms with Gasteiger partial charge in [0.2, 0.25) is 0 Å². The van der Waals surface area contributed by atoms with Crippen LogP contribution < -0.4 is 0 Å². The molecule has 3 aromatic rings. The summed E-state index contributed by atoms with van der Waals surface area (Å²) in [5, 5.41) is 0.854. The van der Waals surface area contributed by atoms with E-state index in [4.69, 9.17) is 39.2 Å². The van der Waals surface area contributed by atoms with E-state index >= 15 is 0 Å². The zero-order valence-corrected chi connectivity index (χ0v) is 12.6. The van der Waals surface area contributed by atoms with Gasteiger partial charge in [0.05, 0.1) is 5.38 Å². The topological polar surface area (TPSA) is 26.0 Å². The zero-order valence-electron chi connectivity index (χ0n) is 10.3. The molecule has 20 heavy (non-hydrogen) atoms. The number of alkyl halides is 1. The average molecular weight is 327 g/mol. The van der Waals surface area contributed by atoms with E-state index in [1.54, 1.807) is 18.2 Å². The molecule has 1 aromatic heterocycles. The van der Waals surface area contributed by atoms with Gasteiger partial charge >= 0.3 is 0 Å². The molecule has 1 unspecified atom stereocenters. The van der Waals surface area contributed by atoms with Crippen LogP contribution in [-0.4, -0.2) is 4.98 Å². The number of benzene rings is 2. The Bertz CT molecular complexity index is 721. The largest absolute Gasteiger partial charge is 0.441 e. The van der Waals surface area contributed by atoms with E-state index in [-0.39, 0.29) is 5.38 Å². The van der Waals surface area contributed by atoms with Gasteiger partial charge in [-0.05, 0) is 35.9 Å². The van der Waals surface area contributed by atoms with Crippen molar-refractivity contribution < 1.29 is 4.42 Å². The molecule has 2 nitrogen and oxygen atoms in total. The summed E-state index contributed by atoms with van der Waals surface area (Å²) in [6.07, 6.45) is 0.455. The van der Waals surface area contributed by atoms with Gasteiger partial charge in [-0.25, -0.2) is 4.98 Å². The number of hydrogen-bond donors (Lipinski definition) is 0. The molecule has 5 heteroatoms. The number of hydrogen-bond acceptors (Lipinski definition) is 2. The fraction of sp³-hybridized carbons (Fsp3) is 0.133. The highest BCUT2D eigenvalue weighted by atomic mass is 35.5. The van der Waals surface area contributed by atoms with Gasteiger partial charge in [-0.15, -0.1) is 11.6 Å². The summed E-state index contributed by atoms with van der Waals surface area (Å²) in [6, 6.07) is 12.8. The van der Waals surface area contributed by atoms with Crippen molar-refractivity contribution in [3.63, 3.8) is 0 Å². The predicted molar refractivity (Wildman–Crippen MR) is 82.8 cm³/mol. The number of halogens is 3. The van der Waals surface area contributed by atoms with E-state index in [9.17, 15) is 0 Å². The second-order valence-corrected chi connectivity index (χ2v) is 5.78. The summed E-state index contributed by atoms with van der Waals surface area (Å²) in [4.78, 5) is 4.40. The molecule has 1 heterocycles. The third-order valence-electron chi connectivity index (χ3n) is 2.99. The van der Waals surface area contributed by atoms with Gasteiger partial charge in [-0.2, -0.15) is 0 Å². The minimum atomic E-state index is -0.339. The van der Waals surface area contributed by atoms with Gasteiger partial charge < -0.3 is 4.42 Å². The van der Waals surface area contributed by atoms with Crippen LogP contribution in [0, 0.1) is 0 Å². The van der Waals surface area contributed by atoms with E-state index in [1.807, 2.05) is 24.3 Å². The SMILES string of the molecule is Clc1ccc(Cl)c(C(Cl)Cc2nc3ccccc3o2)c1. The third-order valence-corrected chi connectivity index (χ3v) is 3.96. The maximum atomic E-state index is 6.40. The summed E-state index contributed by atoms with van der Waals surface area (Å²) < 4.78 is 5.66. The smallest absolute Gasteiger partial charge is 0.197 e. The molecule has 0 aliphatic heterocycles. The highest BCUT2D eigenvalue weighted by Crippen LogP contribution is 2.33. The van der Waals surface area contributed by atoms with Crippen molar-refractivity contribution in [1.82, 2.24) is 4.98 Å². The van der Waals surface area contributed by atoms with Crippen LogP contribution in [0.2, 0.25) is 10.0 Å². The van der Waals surface area contributed by atoms with E-state index in [2.05, 4.69) is 4.98 Å². The Hall–Kier alpha value is -1.22. The van der Waals surface area contributed by atoms with Gasteiger partial charge in [-0.1, -0.05) is 35.3 Å². The molecule has 0 aliphatic rings. The molecule has 0 spiro atoms. The van der Waals surface area contributed by atoms with Crippen LogP contribution in [0.3, 0.4) is 0 Å².